The van der Waals surface area contributed by atoms with Crippen molar-refractivity contribution in [2.75, 3.05) is 6.54 Å². The molecule has 1 aliphatic rings. The molecule has 0 saturated carbocycles. The van der Waals surface area contributed by atoms with Gasteiger partial charge in [-0.25, -0.2) is 4.79 Å². The van der Waals surface area contributed by atoms with Gasteiger partial charge in [-0.15, -0.1) is 0 Å². The number of carbonyl (C=O) groups excluding carboxylic acids is 1. The minimum Gasteiger partial charge on any atom is -0.480 e. The smallest absolute Gasteiger partial charge is 0.326 e. The molecule has 1 fully saturated rings. The van der Waals surface area contributed by atoms with Crippen LogP contribution in [0.1, 0.15) is 24.8 Å². The van der Waals surface area contributed by atoms with Gasteiger partial charge in [0.15, 0.2) is 0 Å². The van der Waals surface area contributed by atoms with Crippen LogP contribution >= 0.6 is 23.2 Å². The van der Waals surface area contributed by atoms with Gasteiger partial charge in [0.25, 0.3) is 0 Å². The lowest BCUT2D eigenvalue weighted by Gasteiger charge is -2.32. The standard InChI is InChI=1S/C15H15Cl2NO3/c16-11-6-4-10(12(17)9-11)5-7-14(19)18-8-2-1-3-13(18)15(20)21/h4-7,9,13H,1-3,8H2,(H,20,21)/t13-/m1/s1. The second-order valence-corrected chi connectivity index (χ2v) is 5.72. The van der Waals surface area contributed by atoms with Crippen LogP contribution in [0, 0.1) is 0 Å². The average molecular weight is 328 g/mol. The number of halogens is 2. The van der Waals surface area contributed by atoms with Crippen molar-refractivity contribution in [3.05, 3.63) is 39.9 Å². The Morgan fingerprint density at radius 2 is 2.05 bits per heavy atom. The second-order valence-electron chi connectivity index (χ2n) is 4.88. The molecule has 112 valence electrons. The molecule has 4 nitrogen and oxygen atoms in total. The Morgan fingerprint density at radius 1 is 1.29 bits per heavy atom. The van der Waals surface area contributed by atoms with Crippen molar-refractivity contribution >= 4 is 41.2 Å². The fraction of sp³-hybridized carbons (Fsp3) is 0.333. The molecule has 0 unspecified atom stereocenters. The van der Waals surface area contributed by atoms with E-state index >= 15 is 0 Å². The maximum Gasteiger partial charge on any atom is 0.326 e. The highest BCUT2D eigenvalue weighted by atomic mass is 35.5. The molecule has 21 heavy (non-hydrogen) atoms. The first kappa shape index (κ1) is 15.9. The number of carboxylic acids is 1. The summed E-state index contributed by atoms with van der Waals surface area (Å²) < 4.78 is 0. The number of hydrogen-bond donors (Lipinski definition) is 1. The van der Waals surface area contributed by atoms with Crippen molar-refractivity contribution < 1.29 is 14.7 Å². The van der Waals surface area contributed by atoms with E-state index in [1.54, 1.807) is 24.3 Å². The van der Waals surface area contributed by atoms with Gasteiger partial charge in [-0.1, -0.05) is 29.3 Å². The first-order valence-electron chi connectivity index (χ1n) is 6.65. The molecule has 0 aliphatic carbocycles. The Bertz CT molecular complexity index is 586. The molecule has 0 bridgehead atoms. The minimum absolute atomic E-state index is 0.312. The molecule has 1 aromatic carbocycles. The van der Waals surface area contributed by atoms with Crippen LogP contribution in [0.2, 0.25) is 10.0 Å². The molecule has 1 amide bonds. The Balaban J connectivity index is 2.12. The van der Waals surface area contributed by atoms with Gasteiger partial charge < -0.3 is 10.0 Å². The van der Waals surface area contributed by atoms with Crippen LogP contribution in [0.4, 0.5) is 0 Å². The molecule has 0 aromatic heterocycles. The number of rotatable bonds is 3. The Morgan fingerprint density at radius 3 is 2.71 bits per heavy atom. The summed E-state index contributed by atoms with van der Waals surface area (Å²) in [5.74, 6) is -1.27. The second kappa shape index (κ2) is 6.96. The van der Waals surface area contributed by atoms with Gasteiger partial charge in [0.05, 0.1) is 0 Å². The lowest BCUT2D eigenvalue weighted by atomic mass is 10.0. The zero-order valence-electron chi connectivity index (χ0n) is 11.3. The molecule has 0 radical (unpaired) electrons. The van der Waals surface area contributed by atoms with Crippen LogP contribution in [-0.4, -0.2) is 34.5 Å². The molecule has 6 heteroatoms. The van der Waals surface area contributed by atoms with E-state index in [9.17, 15) is 9.59 Å². The zero-order valence-corrected chi connectivity index (χ0v) is 12.8. The van der Waals surface area contributed by atoms with Crippen LogP contribution in [0.15, 0.2) is 24.3 Å². The van der Waals surface area contributed by atoms with Gasteiger partial charge in [0, 0.05) is 22.7 Å². The van der Waals surface area contributed by atoms with Crippen molar-refractivity contribution in [1.29, 1.82) is 0 Å². The zero-order chi connectivity index (χ0) is 15.4. The molecular formula is C15H15Cl2NO3. The number of carboxylic acid groups (broad SMARTS) is 1. The van der Waals surface area contributed by atoms with Crippen LogP contribution in [-0.2, 0) is 9.59 Å². The summed E-state index contributed by atoms with van der Waals surface area (Å²) in [6.45, 7) is 0.467. The highest BCUT2D eigenvalue weighted by Gasteiger charge is 2.30. The SMILES string of the molecule is O=C(O)[C@H]1CCCCN1C(=O)C=Cc1ccc(Cl)cc1Cl. The number of aliphatic carboxylic acids is 1. The summed E-state index contributed by atoms with van der Waals surface area (Å²) in [5, 5.41) is 10.1. The van der Waals surface area contributed by atoms with E-state index in [1.165, 1.54) is 11.0 Å². The highest BCUT2D eigenvalue weighted by molar-refractivity contribution is 6.35. The van der Waals surface area contributed by atoms with Gasteiger partial charge in [0.1, 0.15) is 6.04 Å². The molecule has 2 rings (SSSR count). The van der Waals surface area contributed by atoms with Crippen LogP contribution < -0.4 is 0 Å². The predicted octanol–water partition coefficient (Wildman–Crippen LogP) is 3.47. The Labute approximate surface area is 133 Å². The number of hydrogen-bond acceptors (Lipinski definition) is 2. The molecular weight excluding hydrogens is 313 g/mol. The van der Waals surface area contributed by atoms with Crippen LogP contribution in [0.25, 0.3) is 6.08 Å². The van der Waals surface area contributed by atoms with Crippen molar-refractivity contribution in [2.45, 2.75) is 25.3 Å². The van der Waals surface area contributed by atoms with E-state index in [-0.39, 0.29) is 5.91 Å². The van der Waals surface area contributed by atoms with Gasteiger partial charge in [-0.05, 0) is 43.0 Å². The highest BCUT2D eigenvalue weighted by Crippen LogP contribution is 2.23. The summed E-state index contributed by atoms with van der Waals surface area (Å²) in [7, 11) is 0. The normalized spacial score (nSPS) is 19.0. The van der Waals surface area contributed by atoms with E-state index in [2.05, 4.69) is 0 Å². The fourth-order valence-corrected chi connectivity index (χ4v) is 2.82. The predicted molar refractivity (Wildman–Crippen MR) is 82.5 cm³/mol. The lowest BCUT2D eigenvalue weighted by Crippen LogP contribution is -2.47. The molecule has 1 heterocycles. The quantitative estimate of drug-likeness (QED) is 0.865. The topological polar surface area (TPSA) is 57.6 Å². The van der Waals surface area contributed by atoms with Gasteiger partial charge in [-0.2, -0.15) is 0 Å². The molecule has 1 atom stereocenters. The number of likely N-dealkylation sites (tertiary alicyclic amines) is 1. The van der Waals surface area contributed by atoms with Gasteiger partial charge >= 0.3 is 5.97 Å². The maximum absolute atomic E-state index is 12.2. The van der Waals surface area contributed by atoms with Crippen molar-refractivity contribution in [2.24, 2.45) is 0 Å². The van der Waals surface area contributed by atoms with E-state index in [0.29, 0.717) is 28.6 Å². The van der Waals surface area contributed by atoms with Crippen LogP contribution in [0.5, 0.6) is 0 Å². The Kier molecular flexibility index (Phi) is 5.26. The van der Waals surface area contributed by atoms with Gasteiger partial charge in [0.2, 0.25) is 5.91 Å². The first-order valence-corrected chi connectivity index (χ1v) is 7.41. The first-order chi connectivity index (χ1) is 9.99. The number of benzene rings is 1. The molecule has 0 spiro atoms. The van der Waals surface area contributed by atoms with E-state index in [0.717, 1.165) is 12.8 Å². The summed E-state index contributed by atoms with van der Waals surface area (Å²) in [5.41, 5.74) is 0.665. The largest absolute Gasteiger partial charge is 0.480 e. The van der Waals surface area contributed by atoms with Crippen LogP contribution in [0.3, 0.4) is 0 Å². The van der Waals surface area contributed by atoms with E-state index in [4.69, 9.17) is 28.3 Å². The van der Waals surface area contributed by atoms with Crippen molar-refractivity contribution in [3.8, 4) is 0 Å². The number of nitrogens with zero attached hydrogens (tertiary/aromatic N) is 1. The minimum atomic E-state index is -0.957. The number of piperidine rings is 1. The summed E-state index contributed by atoms with van der Waals surface area (Å²) in [4.78, 5) is 24.7. The van der Waals surface area contributed by atoms with E-state index < -0.39 is 12.0 Å². The number of amides is 1. The molecule has 1 aromatic rings. The lowest BCUT2D eigenvalue weighted by molar-refractivity contribution is -0.150. The third-order valence-electron chi connectivity index (χ3n) is 3.44. The Hall–Kier alpha value is -1.52. The van der Waals surface area contributed by atoms with Gasteiger partial charge in [-0.3, -0.25) is 4.79 Å². The molecule has 1 N–H and O–H groups in total. The molecule has 1 saturated heterocycles. The van der Waals surface area contributed by atoms with Crippen molar-refractivity contribution in [3.63, 3.8) is 0 Å². The summed E-state index contributed by atoms with van der Waals surface area (Å²) >= 11 is 11.8. The summed E-state index contributed by atoms with van der Waals surface area (Å²) in [6, 6.07) is 4.24. The third-order valence-corrected chi connectivity index (χ3v) is 4.00. The van der Waals surface area contributed by atoms with Crippen molar-refractivity contribution in [1.82, 2.24) is 4.90 Å². The number of carbonyl (C=O) groups is 2. The molecule has 1 aliphatic heterocycles. The maximum atomic E-state index is 12.2. The summed E-state index contributed by atoms with van der Waals surface area (Å²) in [6.07, 6.45) is 5.08. The van der Waals surface area contributed by atoms with E-state index in [1.807, 2.05) is 0 Å². The average Bonchev–Trinajstić information content (AvgIpc) is 2.46. The monoisotopic (exact) mass is 327 g/mol. The third kappa shape index (κ3) is 3.99. The fourth-order valence-electron chi connectivity index (χ4n) is 2.35.